The van der Waals surface area contributed by atoms with E-state index in [1.807, 2.05) is 12.3 Å². The number of furan rings is 1. The van der Waals surface area contributed by atoms with E-state index in [9.17, 15) is 0 Å². The molecule has 0 spiro atoms. The van der Waals surface area contributed by atoms with Crippen molar-refractivity contribution in [2.24, 2.45) is 5.92 Å². The van der Waals surface area contributed by atoms with E-state index in [1.54, 1.807) is 0 Å². The molecule has 4 nitrogen and oxygen atoms in total. The molecule has 0 radical (unpaired) electrons. The second-order valence-corrected chi connectivity index (χ2v) is 12.9. The summed E-state index contributed by atoms with van der Waals surface area (Å²) in [5.41, 5.74) is 11.3. The molecule has 226 valence electrons. The van der Waals surface area contributed by atoms with E-state index in [0.717, 1.165) is 83.9 Å². The first-order valence-corrected chi connectivity index (χ1v) is 16.5. The molecule has 0 fully saturated rings. The lowest BCUT2D eigenvalue weighted by Crippen LogP contribution is -2.01. The normalized spacial score (nSPS) is 14.4. The number of aromatic nitrogens is 3. The first-order chi connectivity index (χ1) is 23.7. The molecule has 1 unspecified atom stereocenters. The van der Waals surface area contributed by atoms with Crippen LogP contribution in [0.1, 0.15) is 18.2 Å². The number of allylic oxidation sites excluding steroid dienone is 1. The molecule has 4 heterocycles. The van der Waals surface area contributed by atoms with Crippen molar-refractivity contribution in [1.29, 1.82) is 0 Å². The zero-order valence-corrected chi connectivity index (χ0v) is 26.3. The molecule has 5 aromatic carbocycles. The summed E-state index contributed by atoms with van der Waals surface area (Å²) in [6.07, 6.45) is 7.17. The Morgan fingerprint density at radius 2 is 1.44 bits per heavy atom. The average Bonchev–Trinajstić information content (AvgIpc) is 3.51. The summed E-state index contributed by atoms with van der Waals surface area (Å²) in [5.74, 6) is 1.37. The van der Waals surface area contributed by atoms with Crippen molar-refractivity contribution in [3.63, 3.8) is 0 Å². The van der Waals surface area contributed by atoms with Crippen molar-refractivity contribution < 1.29 is 4.42 Å². The standard InChI is InChI=1S/C44H29N3O/c1-26-16-21-37-33(23-26)41-38(48-37)25-34-40(32-14-5-6-15-36(32)47-42(34)27-9-3-2-4-10-27)39(41)31-12-7-11-30(24-31)35-20-19-29-18-17-28-13-8-22-45-43(28)44(29)46-35/h2-22,24-26H,23H2,1H3. The highest BCUT2D eigenvalue weighted by Crippen LogP contribution is 2.47. The fourth-order valence-corrected chi connectivity index (χ4v) is 7.57. The molecule has 4 heteroatoms. The Labute approximate surface area is 277 Å². The van der Waals surface area contributed by atoms with Gasteiger partial charge in [-0.1, -0.05) is 104 Å². The van der Waals surface area contributed by atoms with Crippen LogP contribution in [0.4, 0.5) is 0 Å². The van der Waals surface area contributed by atoms with Crippen LogP contribution in [-0.4, -0.2) is 15.0 Å². The minimum atomic E-state index is 0.424. The van der Waals surface area contributed by atoms with Gasteiger partial charge in [0, 0.05) is 60.8 Å². The van der Waals surface area contributed by atoms with E-state index in [1.165, 1.54) is 21.9 Å². The van der Waals surface area contributed by atoms with Gasteiger partial charge in [-0.2, -0.15) is 0 Å². The third-order valence-corrected chi connectivity index (χ3v) is 9.80. The van der Waals surface area contributed by atoms with Gasteiger partial charge >= 0.3 is 0 Å². The molecule has 0 saturated heterocycles. The first kappa shape index (κ1) is 27.0. The lowest BCUT2D eigenvalue weighted by atomic mass is 9.85. The van der Waals surface area contributed by atoms with Gasteiger partial charge < -0.3 is 4.42 Å². The maximum Gasteiger partial charge on any atom is 0.136 e. The Kier molecular flexibility index (Phi) is 5.88. The van der Waals surface area contributed by atoms with E-state index >= 15 is 0 Å². The van der Waals surface area contributed by atoms with Crippen LogP contribution in [0.5, 0.6) is 0 Å². The first-order valence-electron chi connectivity index (χ1n) is 16.5. The van der Waals surface area contributed by atoms with E-state index in [2.05, 4.69) is 134 Å². The van der Waals surface area contributed by atoms with Gasteiger partial charge in [-0.25, -0.2) is 9.97 Å². The van der Waals surface area contributed by atoms with Gasteiger partial charge in [0.15, 0.2) is 0 Å². The van der Waals surface area contributed by atoms with Crippen molar-refractivity contribution in [3.8, 4) is 33.6 Å². The number of fused-ring (bicyclic) bond motifs is 9. The summed E-state index contributed by atoms with van der Waals surface area (Å²) in [5, 5.41) is 6.75. The van der Waals surface area contributed by atoms with E-state index in [-0.39, 0.29) is 0 Å². The topological polar surface area (TPSA) is 51.8 Å². The van der Waals surface area contributed by atoms with Crippen molar-refractivity contribution in [1.82, 2.24) is 15.0 Å². The van der Waals surface area contributed by atoms with Gasteiger partial charge in [0.25, 0.3) is 0 Å². The van der Waals surface area contributed by atoms with Gasteiger partial charge in [0.2, 0.25) is 0 Å². The second kappa shape index (κ2) is 10.4. The highest BCUT2D eigenvalue weighted by molar-refractivity contribution is 6.24. The van der Waals surface area contributed by atoms with Crippen molar-refractivity contribution in [2.45, 2.75) is 13.3 Å². The molecule has 1 atom stereocenters. The Hall–Kier alpha value is -6.13. The molecule has 48 heavy (non-hydrogen) atoms. The van der Waals surface area contributed by atoms with Crippen LogP contribution in [0.25, 0.3) is 94.2 Å². The number of hydrogen-bond acceptors (Lipinski definition) is 4. The number of rotatable bonds is 3. The molecule has 1 aliphatic rings. The monoisotopic (exact) mass is 615 g/mol. The summed E-state index contributed by atoms with van der Waals surface area (Å²) in [6.45, 7) is 2.27. The van der Waals surface area contributed by atoms with E-state index in [4.69, 9.17) is 19.4 Å². The van der Waals surface area contributed by atoms with Crippen LogP contribution in [0.15, 0.2) is 138 Å². The number of benzene rings is 5. The lowest BCUT2D eigenvalue weighted by molar-refractivity contribution is 0.584. The molecule has 9 aromatic rings. The highest BCUT2D eigenvalue weighted by Gasteiger charge is 2.25. The molecule has 0 amide bonds. The Balaban J connectivity index is 1.31. The minimum absolute atomic E-state index is 0.424. The summed E-state index contributed by atoms with van der Waals surface area (Å²) < 4.78 is 6.68. The quantitative estimate of drug-likeness (QED) is 0.186. The predicted molar refractivity (Wildman–Crippen MR) is 198 cm³/mol. The fourth-order valence-electron chi connectivity index (χ4n) is 7.57. The molecule has 0 aliphatic heterocycles. The van der Waals surface area contributed by atoms with Crippen LogP contribution in [0.3, 0.4) is 0 Å². The average molecular weight is 616 g/mol. The number of pyridine rings is 3. The van der Waals surface area contributed by atoms with Gasteiger partial charge in [-0.3, -0.25) is 4.98 Å². The van der Waals surface area contributed by atoms with E-state index < -0.39 is 0 Å². The van der Waals surface area contributed by atoms with Crippen LogP contribution in [-0.2, 0) is 6.42 Å². The van der Waals surface area contributed by atoms with E-state index in [0.29, 0.717) is 5.92 Å². The van der Waals surface area contributed by atoms with Gasteiger partial charge in [0.05, 0.1) is 27.9 Å². The van der Waals surface area contributed by atoms with Crippen molar-refractivity contribution in [2.75, 3.05) is 0 Å². The molecular weight excluding hydrogens is 587 g/mol. The summed E-state index contributed by atoms with van der Waals surface area (Å²) in [6, 6.07) is 42.6. The number of para-hydroxylation sites is 1. The summed E-state index contributed by atoms with van der Waals surface area (Å²) >= 11 is 0. The molecule has 0 bridgehead atoms. The van der Waals surface area contributed by atoms with Gasteiger partial charge in [0.1, 0.15) is 11.3 Å². The largest absolute Gasteiger partial charge is 0.456 e. The summed E-state index contributed by atoms with van der Waals surface area (Å²) in [4.78, 5) is 15.2. The molecule has 10 rings (SSSR count). The second-order valence-electron chi connectivity index (χ2n) is 12.9. The van der Waals surface area contributed by atoms with Crippen LogP contribution >= 0.6 is 0 Å². The molecular formula is C44H29N3O. The number of hydrogen-bond donors (Lipinski definition) is 0. The third-order valence-electron chi connectivity index (χ3n) is 9.80. The van der Waals surface area contributed by atoms with Gasteiger partial charge in [-0.15, -0.1) is 0 Å². The Morgan fingerprint density at radius 1 is 0.646 bits per heavy atom. The molecule has 0 N–H and O–H groups in total. The predicted octanol–water partition coefficient (Wildman–Crippen LogP) is 11.4. The minimum Gasteiger partial charge on any atom is -0.456 e. The fraction of sp³-hybridized carbons (Fsp3) is 0.0682. The van der Waals surface area contributed by atoms with Crippen molar-refractivity contribution >= 4 is 60.5 Å². The van der Waals surface area contributed by atoms with Crippen LogP contribution in [0.2, 0.25) is 0 Å². The molecule has 1 aliphatic carbocycles. The van der Waals surface area contributed by atoms with Crippen molar-refractivity contribution in [3.05, 3.63) is 145 Å². The SMILES string of the molecule is CC1C=Cc2oc3cc4c(-c5ccccc5)nc5ccccc5c4c(-c4cccc(-c5ccc6ccc7cccnc7c6n5)c4)c3c2C1. The molecule has 4 aromatic heterocycles. The molecule has 0 saturated carbocycles. The summed E-state index contributed by atoms with van der Waals surface area (Å²) in [7, 11) is 0. The highest BCUT2D eigenvalue weighted by atomic mass is 16.3. The zero-order valence-electron chi connectivity index (χ0n) is 26.3. The Morgan fingerprint density at radius 3 is 2.35 bits per heavy atom. The lowest BCUT2D eigenvalue weighted by Gasteiger charge is -2.17. The maximum absolute atomic E-state index is 6.68. The number of nitrogens with zero attached hydrogens (tertiary/aromatic N) is 3. The maximum atomic E-state index is 6.68. The third kappa shape index (κ3) is 4.12. The smallest absolute Gasteiger partial charge is 0.136 e. The van der Waals surface area contributed by atoms with Crippen LogP contribution < -0.4 is 0 Å². The Bertz CT molecular complexity index is 2780. The van der Waals surface area contributed by atoms with Gasteiger partial charge in [-0.05, 0) is 54.3 Å². The van der Waals surface area contributed by atoms with Crippen LogP contribution in [0, 0.1) is 5.92 Å². The zero-order chi connectivity index (χ0) is 31.8.